The molecule has 0 bridgehead atoms. The van der Waals surface area contributed by atoms with Crippen LogP contribution in [0.5, 0.6) is 0 Å². The van der Waals surface area contributed by atoms with Crippen molar-refractivity contribution < 1.29 is 13.2 Å². The molecule has 5 heteroatoms. The zero-order valence-electron chi connectivity index (χ0n) is 12.3. The maximum Gasteiger partial charge on any atom is 0.158 e. The molecule has 2 fully saturated rings. The average Bonchev–Trinajstić information content (AvgIpc) is 2.94. The topological polar surface area (TPSA) is 55.4 Å². The predicted octanol–water partition coefficient (Wildman–Crippen LogP) is 1.75. The number of nitrogens with one attached hydrogen (secondary N) is 1. The first-order chi connectivity index (χ1) is 8.98. The first kappa shape index (κ1) is 15.3. The van der Waals surface area contributed by atoms with Gasteiger partial charge >= 0.3 is 0 Å². The van der Waals surface area contributed by atoms with Gasteiger partial charge < -0.3 is 10.1 Å². The third-order valence-electron chi connectivity index (χ3n) is 4.79. The molecule has 5 atom stereocenters. The molecule has 2 aliphatic rings. The number of sulfone groups is 1. The molecule has 0 spiro atoms. The fraction of sp³-hybridized carbons (Fsp3) is 1.00. The third kappa shape index (κ3) is 2.98. The molecule has 0 aromatic heterocycles. The molecular weight excluding hydrogens is 262 g/mol. The minimum Gasteiger partial charge on any atom is -0.377 e. The molecule has 1 N–H and O–H groups in total. The van der Waals surface area contributed by atoms with E-state index in [2.05, 4.69) is 19.2 Å². The van der Waals surface area contributed by atoms with E-state index in [0.29, 0.717) is 19.1 Å². The van der Waals surface area contributed by atoms with E-state index in [-0.39, 0.29) is 22.5 Å². The van der Waals surface area contributed by atoms with Crippen LogP contribution in [0.15, 0.2) is 0 Å². The van der Waals surface area contributed by atoms with Gasteiger partial charge in [-0.05, 0) is 45.1 Å². The van der Waals surface area contributed by atoms with Gasteiger partial charge in [-0.15, -0.1) is 0 Å². The van der Waals surface area contributed by atoms with Crippen molar-refractivity contribution in [3.05, 3.63) is 0 Å². The van der Waals surface area contributed by atoms with Gasteiger partial charge in [0.1, 0.15) is 0 Å². The highest BCUT2D eigenvalue weighted by molar-refractivity contribution is 7.92. The molecule has 112 valence electrons. The second kappa shape index (κ2) is 6.10. The fourth-order valence-electron chi connectivity index (χ4n) is 3.58. The zero-order chi connectivity index (χ0) is 14.0. The fourth-order valence-corrected chi connectivity index (χ4v) is 6.32. The second-order valence-corrected chi connectivity index (χ2v) is 8.42. The van der Waals surface area contributed by atoms with Crippen LogP contribution in [-0.4, -0.2) is 44.2 Å². The molecule has 1 aliphatic carbocycles. The lowest BCUT2D eigenvalue weighted by Crippen LogP contribution is -2.41. The minimum atomic E-state index is -3.06. The van der Waals surface area contributed by atoms with E-state index >= 15 is 0 Å². The summed E-state index contributed by atoms with van der Waals surface area (Å²) < 4.78 is 31.0. The summed E-state index contributed by atoms with van der Waals surface area (Å²) in [5.74, 6) is 0.212. The third-order valence-corrected chi connectivity index (χ3v) is 7.76. The molecule has 0 amide bonds. The summed E-state index contributed by atoms with van der Waals surface area (Å²) in [6, 6.07) is 0.359. The summed E-state index contributed by atoms with van der Waals surface area (Å²) >= 11 is 0. The van der Waals surface area contributed by atoms with Crippen LogP contribution in [0, 0.1) is 5.92 Å². The SMILES string of the molecule is CCCNC1CCC(S(=O)(=O)C2CCOC2C)C1C. The van der Waals surface area contributed by atoms with Gasteiger partial charge in [0.05, 0.1) is 16.6 Å². The lowest BCUT2D eigenvalue weighted by atomic mass is 10.1. The molecule has 19 heavy (non-hydrogen) atoms. The van der Waals surface area contributed by atoms with Crippen molar-refractivity contribution in [1.82, 2.24) is 5.32 Å². The van der Waals surface area contributed by atoms with Crippen molar-refractivity contribution in [1.29, 1.82) is 0 Å². The summed E-state index contributed by atoms with van der Waals surface area (Å²) in [6.07, 6.45) is 3.40. The summed E-state index contributed by atoms with van der Waals surface area (Å²) in [5.41, 5.74) is 0. The van der Waals surface area contributed by atoms with Crippen LogP contribution in [0.1, 0.15) is 46.5 Å². The van der Waals surface area contributed by atoms with Crippen molar-refractivity contribution in [2.24, 2.45) is 5.92 Å². The molecule has 1 heterocycles. The first-order valence-electron chi connectivity index (χ1n) is 7.56. The van der Waals surface area contributed by atoms with Gasteiger partial charge in [-0.25, -0.2) is 8.42 Å². The van der Waals surface area contributed by atoms with Crippen molar-refractivity contribution in [3.8, 4) is 0 Å². The van der Waals surface area contributed by atoms with Gasteiger partial charge in [0.2, 0.25) is 0 Å². The second-order valence-electron chi connectivity index (χ2n) is 6.03. The lowest BCUT2D eigenvalue weighted by molar-refractivity contribution is 0.126. The van der Waals surface area contributed by atoms with E-state index < -0.39 is 9.84 Å². The van der Waals surface area contributed by atoms with Gasteiger partial charge in [-0.3, -0.25) is 0 Å². The maximum atomic E-state index is 12.8. The van der Waals surface area contributed by atoms with Crippen molar-refractivity contribution in [3.63, 3.8) is 0 Å². The summed E-state index contributed by atoms with van der Waals surface area (Å²) in [7, 11) is -3.06. The highest BCUT2D eigenvalue weighted by Gasteiger charge is 2.46. The quantitative estimate of drug-likeness (QED) is 0.837. The summed E-state index contributed by atoms with van der Waals surface area (Å²) in [4.78, 5) is 0. The molecule has 1 saturated carbocycles. The molecular formula is C14H27NO3S. The monoisotopic (exact) mass is 289 g/mol. The Labute approximate surface area is 117 Å². The molecule has 5 unspecified atom stereocenters. The van der Waals surface area contributed by atoms with Crippen molar-refractivity contribution >= 4 is 9.84 Å². The molecule has 4 nitrogen and oxygen atoms in total. The Balaban J connectivity index is 2.05. The zero-order valence-corrected chi connectivity index (χ0v) is 13.1. The number of ether oxygens (including phenoxy) is 1. The summed E-state index contributed by atoms with van der Waals surface area (Å²) in [6.45, 7) is 7.68. The Morgan fingerprint density at radius 1 is 1.16 bits per heavy atom. The standard InChI is InChI=1S/C14H27NO3S/c1-4-8-15-12-5-6-13(10(12)2)19(16,17)14-7-9-18-11(14)3/h10-15H,4-9H2,1-3H3. The molecule has 1 aliphatic heterocycles. The van der Waals surface area contributed by atoms with Crippen LogP contribution < -0.4 is 5.32 Å². The first-order valence-corrected chi connectivity index (χ1v) is 9.17. The Morgan fingerprint density at radius 3 is 2.47 bits per heavy atom. The Kier molecular flexibility index (Phi) is 4.90. The van der Waals surface area contributed by atoms with Crippen LogP contribution in [0.25, 0.3) is 0 Å². The van der Waals surface area contributed by atoms with Gasteiger partial charge in [-0.1, -0.05) is 13.8 Å². The molecule has 0 aromatic carbocycles. The largest absolute Gasteiger partial charge is 0.377 e. The van der Waals surface area contributed by atoms with Crippen LogP contribution >= 0.6 is 0 Å². The van der Waals surface area contributed by atoms with Crippen LogP contribution in [-0.2, 0) is 14.6 Å². The lowest BCUT2D eigenvalue weighted by Gasteiger charge is -2.25. The van der Waals surface area contributed by atoms with E-state index in [1.807, 2.05) is 6.92 Å². The molecule has 0 aromatic rings. The molecule has 1 saturated heterocycles. The average molecular weight is 289 g/mol. The predicted molar refractivity (Wildman–Crippen MR) is 77.0 cm³/mol. The highest BCUT2D eigenvalue weighted by atomic mass is 32.2. The van der Waals surface area contributed by atoms with Gasteiger partial charge in [0.25, 0.3) is 0 Å². The number of rotatable bonds is 5. The minimum absolute atomic E-state index is 0.139. The van der Waals surface area contributed by atoms with Gasteiger partial charge in [-0.2, -0.15) is 0 Å². The number of hydrogen-bond acceptors (Lipinski definition) is 4. The normalized spacial score (nSPS) is 39.8. The summed E-state index contributed by atoms with van der Waals surface area (Å²) in [5, 5.41) is 3.02. The van der Waals surface area contributed by atoms with E-state index in [1.54, 1.807) is 0 Å². The molecule has 0 radical (unpaired) electrons. The van der Waals surface area contributed by atoms with Crippen LogP contribution in [0.3, 0.4) is 0 Å². The number of hydrogen-bond donors (Lipinski definition) is 1. The maximum absolute atomic E-state index is 12.8. The van der Waals surface area contributed by atoms with E-state index in [1.165, 1.54) is 0 Å². The van der Waals surface area contributed by atoms with E-state index in [9.17, 15) is 8.42 Å². The van der Waals surface area contributed by atoms with E-state index in [4.69, 9.17) is 4.74 Å². The van der Waals surface area contributed by atoms with E-state index in [0.717, 1.165) is 25.8 Å². The highest BCUT2D eigenvalue weighted by Crippen LogP contribution is 2.36. The Hall–Kier alpha value is -0.130. The van der Waals surface area contributed by atoms with Crippen LogP contribution in [0.2, 0.25) is 0 Å². The smallest absolute Gasteiger partial charge is 0.158 e. The van der Waals surface area contributed by atoms with Crippen molar-refractivity contribution in [2.75, 3.05) is 13.2 Å². The Morgan fingerprint density at radius 2 is 1.89 bits per heavy atom. The van der Waals surface area contributed by atoms with Gasteiger partial charge in [0, 0.05) is 12.6 Å². The Bertz CT molecular complexity index is 395. The van der Waals surface area contributed by atoms with Crippen LogP contribution in [0.4, 0.5) is 0 Å². The van der Waals surface area contributed by atoms with Gasteiger partial charge in [0.15, 0.2) is 9.84 Å². The molecule has 2 rings (SSSR count). The van der Waals surface area contributed by atoms with Crippen molar-refractivity contribution in [2.45, 2.75) is 69.1 Å².